The van der Waals surface area contributed by atoms with Crippen molar-refractivity contribution < 1.29 is 14.7 Å². The average Bonchev–Trinajstić information content (AvgIpc) is 3.32. The number of pyridine rings is 1. The van der Waals surface area contributed by atoms with E-state index in [0.29, 0.717) is 25.9 Å². The second-order valence-electron chi connectivity index (χ2n) is 9.41. The summed E-state index contributed by atoms with van der Waals surface area (Å²) in [6, 6.07) is 4.45. The van der Waals surface area contributed by atoms with E-state index in [2.05, 4.69) is 26.6 Å². The normalized spacial score (nSPS) is 17.2. The van der Waals surface area contributed by atoms with E-state index in [9.17, 15) is 19.5 Å². The third kappa shape index (κ3) is 4.93. The number of nitrogens with zero attached hydrogens (tertiary/aromatic N) is 2. The number of amides is 2. The van der Waals surface area contributed by atoms with E-state index in [4.69, 9.17) is 0 Å². The van der Waals surface area contributed by atoms with Gasteiger partial charge < -0.3 is 20.3 Å². The zero-order valence-corrected chi connectivity index (χ0v) is 20.4. The van der Waals surface area contributed by atoms with Gasteiger partial charge in [0.2, 0.25) is 0 Å². The van der Waals surface area contributed by atoms with E-state index < -0.39 is 12.0 Å². The number of carboxylic acids is 1. The lowest BCUT2D eigenvalue weighted by molar-refractivity contribution is -0.139. The van der Waals surface area contributed by atoms with E-state index in [1.807, 2.05) is 19.1 Å². The molecule has 1 atom stereocenters. The highest BCUT2D eigenvalue weighted by molar-refractivity contribution is 7.99. The number of hydrogen-bond acceptors (Lipinski definition) is 5. The van der Waals surface area contributed by atoms with Gasteiger partial charge in [-0.1, -0.05) is 6.07 Å². The molecule has 0 aliphatic carbocycles. The van der Waals surface area contributed by atoms with E-state index in [0.717, 1.165) is 51.2 Å². The molecular formula is C25H29N5O4S. The number of piperidine rings is 1. The molecule has 0 saturated carbocycles. The number of nitrogens with one attached hydrogen (secondary N) is 3. The van der Waals surface area contributed by atoms with Crippen LogP contribution in [0.5, 0.6) is 0 Å². The number of carbonyl (C=O) groups is 2. The minimum absolute atomic E-state index is 0.0307. The summed E-state index contributed by atoms with van der Waals surface area (Å²) in [6.45, 7) is 2.90. The SMILES string of the molecule is Cc1cc(C[C@@H](NC(=O)N2CCC(c3cc4c([nH]c3=O)SCCC4)CC2)C(=O)O)cc2cn[nH]c12. The molecule has 4 N–H and O–H groups in total. The number of carbonyl (C=O) groups excluding carboxylic acids is 1. The summed E-state index contributed by atoms with van der Waals surface area (Å²) in [4.78, 5) is 42.2. The quantitative estimate of drug-likeness (QED) is 0.430. The molecule has 2 aliphatic rings. The number of fused-ring (bicyclic) bond motifs is 2. The molecule has 0 spiro atoms. The molecule has 0 bridgehead atoms. The van der Waals surface area contributed by atoms with Gasteiger partial charge in [-0.2, -0.15) is 5.10 Å². The number of rotatable bonds is 5. The van der Waals surface area contributed by atoms with Gasteiger partial charge >= 0.3 is 12.0 Å². The van der Waals surface area contributed by atoms with Crippen LogP contribution in [0.4, 0.5) is 4.79 Å². The Bertz CT molecular complexity index is 1330. The average molecular weight is 496 g/mol. The Morgan fingerprint density at radius 1 is 1.29 bits per heavy atom. The summed E-state index contributed by atoms with van der Waals surface area (Å²) in [7, 11) is 0. The maximum atomic E-state index is 12.9. The Morgan fingerprint density at radius 2 is 2.09 bits per heavy atom. The van der Waals surface area contributed by atoms with Crippen molar-refractivity contribution >= 4 is 34.7 Å². The predicted molar refractivity (Wildman–Crippen MR) is 134 cm³/mol. The topological polar surface area (TPSA) is 131 Å². The number of aliphatic carboxylic acids is 1. The van der Waals surface area contributed by atoms with Gasteiger partial charge in [-0.3, -0.25) is 9.89 Å². The van der Waals surface area contributed by atoms with Crippen molar-refractivity contribution in [2.45, 2.75) is 56.0 Å². The van der Waals surface area contributed by atoms with Gasteiger partial charge in [0.15, 0.2) is 0 Å². The molecule has 2 amide bonds. The molecule has 1 saturated heterocycles. The zero-order chi connectivity index (χ0) is 24.5. The molecule has 2 aromatic heterocycles. The van der Waals surface area contributed by atoms with Crippen LogP contribution >= 0.6 is 11.8 Å². The third-order valence-corrected chi connectivity index (χ3v) is 8.16. The minimum Gasteiger partial charge on any atom is -0.480 e. The molecule has 1 fully saturated rings. The summed E-state index contributed by atoms with van der Waals surface area (Å²) in [5, 5.41) is 21.3. The molecule has 3 aromatic rings. The highest BCUT2D eigenvalue weighted by Crippen LogP contribution is 2.31. The number of aryl methyl sites for hydroxylation is 2. The Hall–Kier alpha value is -3.27. The standard InChI is InChI=1S/C25H29N5O4S/c1-14-9-15(10-18-13-26-29-21(14)18)11-20(24(32)33)27-25(34)30-6-4-16(5-7-30)19-12-17-3-2-8-35-23(17)28-22(19)31/h9-10,12-13,16,20H,2-8,11H2,1H3,(H,26,29)(H,27,34)(H,28,31)(H,32,33)/t20-/m1/s1. The van der Waals surface area contributed by atoms with Crippen molar-refractivity contribution in [3.8, 4) is 0 Å². The van der Waals surface area contributed by atoms with Crippen LogP contribution in [0.1, 0.15) is 47.4 Å². The first kappa shape index (κ1) is 23.5. The summed E-state index contributed by atoms with van der Waals surface area (Å²) in [6.07, 6.45) is 5.34. The lowest BCUT2D eigenvalue weighted by Crippen LogP contribution is -2.50. The van der Waals surface area contributed by atoms with E-state index >= 15 is 0 Å². The van der Waals surface area contributed by atoms with Crippen molar-refractivity contribution in [3.63, 3.8) is 0 Å². The Balaban J connectivity index is 1.22. The van der Waals surface area contributed by atoms with Gasteiger partial charge in [-0.25, -0.2) is 9.59 Å². The molecule has 0 radical (unpaired) electrons. The number of hydrogen-bond donors (Lipinski definition) is 4. The summed E-state index contributed by atoms with van der Waals surface area (Å²) in [5.41, 5.74) is 4.71. The first-order valence-corrected chi connectivity index (χ1v) is 13.0. The van der Waals surface area contributed by atoms with Crippen molar-refractivity contribution in [2.24, 2.45) is 0 Å². The predicted octanol–water partition coefficient (Wildman–Crippen LogP) is 3.18. The monoisotopic (exact) mass is 495 g/mol. The Morgan fingerprint density at radius 3 is 2.86 bits per heavy atom. The number of thioether (sulfide) groups is 1. The lowest BCUT2D eigenvalue weighted by atomic mass is 9.89. The molecule has 10 heteroatoms. The zero-order valence-electron chi connectivity index (χ0n) is 19.6. The third-order valence-electron chi connectivity index (χ3n) is 7.01. The molecule has 2 aliphatic heterocycles. The van der Waals surface area contributed by atoms with Crippen LogP contribution in [0.25, 0.3) is 10.9 Å². The number of aromatic amines is 2. The van der Waals surface area contributed by atoms with Gasteiger partial charge in [-0.05, 0) is 73.1 Å². The van der Waals surface area contributed by atoms with E-state index in [1.165, 1.54) is 5.56 Å². The van der Waals surface area contributed by atoms with Crippen LogP contribution < -0.4 is 10.9 Å². The van der Waals surface area contributed by atoms with Crippen molar-refractivity contribution in [1.29, 1.82) is 0 Å². The molecule has 35 heavy (non-hydrogen) atoms. The van der Waals surface area contributed by atoms with Crippen LogP contribution in [0.2, 0.25) is 0 Å². The van der Waals surface area contributed by atoms with Gasteiger partial charge in [0.1, 0.15) is 6.04 Å². The smallest absolute Gasteiger partial charge is 0.326 e. The first-order chi connectivity index (χ1) is 16.9. The Labute approximate surface area is 206 Å². The van der Waals surface area contributed by atoms with Gasteiger partial charge in [0.25, 0.3) is 5.56 Å². The molecule has 9 nitrogen and oxygen atoms in total. The number of likely N-dealkylation sites (tertiary alicyclic amines) is 1. The van der Waals surface area contributed by atoms with Gasteiger partial charge in [0.05, 0.1) is 16.7 Å². The maximum Gasteiger partial charge on any atom is 0.326 e. The largest absolute Gasteiger partial charge is 0.480 e. The van der Waals surface area contributed by atoms with Crippen molar-refractivity contribution in [3.05, 3.63) is 57.0 Å². The minimum atomic E-state index is -1.07. The molecule has 1 aromatic carbocycles. The van der Waals surface area contributed by atoms with E-state index in [-0.39, 0.29) is 23.9 Å². The van der Waals surface area contributed by atoms with Crippen LogP contribution in [0, 0.1) is 6.92 Å². The number of benzene rings is 1. The van der Waals surface area contributed by atoms with Gasteiger partial charge in [-0.15, -0.1) is 11.8 Å². The Kier molecular flexibility index (Phi) is 6.55. The number of H-pyrrole nitrogens is 2. The number of urea groups is 1. The molecule has 5 rings (SSSR count). The summed E-state index contributed by atoms with van der Waals surface area (Å²) >= 11 is 1.70. The van der Waals surface area contributed by atoms with E-state index in [1.54, 1.807) is 22.9 Å². The fourth-order valence-corrected chi connectivity index (χ4v) is 6.13. The second-order valence-corrected chi connectivity index (χ2v) is 10.5. The molecular weight excluding hydrogens is 466 g/mol. The van der Waals surface area contributed by atoms with Crippen LogP contribution in [0.3, 0.4) is 0 Å². The van der Waals surface area contributed by atoms with Crippen molar-refractivity contribution in [2.75, 3.05) is 18.8 Å². The fourth-order valence-electron chi connectivity index (χ4n) is 5.13. The summed E-state index contributed by atoms with van der Waals surface area (Å²) < 4.78 is 0. The van der Waals surface area contributed by atoms with Crippen LogP contribution in [0.15, 0.2) is 34.2 Å². The number of carboxylic acid groups (broad SMARTS) is 1. The summed E-state index contributed by atoms with van der Waals surface area (Å²) in [5.74, 6) is 0.0570. The number of aromatic nitrogens is 3. The molecule has 184 valence electrons. The highest BCUT2D eigenvalue weighted by atomic mass is 32.2. The fraction of sp³-hybridized carbons (Fsp3) is 0.440. The second kappa shape index (κ2) is 9.77. The van der Waals surface area contributed by atoms with Crippen LogP contribution in [-0.4, -0.2) is 62.1 Å². The first-order valence-electron chi connectivity index (χ1n) is 12.0. The maximum absolute atomic E-state index is 12.9. The molecule has 4 heterocycles. The lowest BCUT2D eigenvalue weighted by Gasteiger charge is -2.33. The van der Waals surface area contributed by atoms with Gasteiger partial charge in [0, 0.05) is 30.5 Å². The molecule has 0 unspecified atom stereocenters. The highest BCUT2D eigenvalue weighted by Gasteiger charge is 2.29. The van der Waals surface area contributed by atoms with Crippen molar-refractivity contribution in [1.82, 2.24) is 25.4 Å². The van der Waals surface area contributed by atoms with Crippen LogP contribution in [-0.2, 0) is 17.6 Å².